The molecule has 1 heterocycles. The fraction of sp³-hybridized carbons (Fsp3) is 0.250. The van der Waals surface area contributed by atoms with E-state index in [-0.39, 0.29) is 5.82 Å². The zero-order valence-corrected chi connectivity index (χ0v) is 11.0. The molecule has 2 nitrogen and oxygen atoms in total. The van der Waals surface area contributed by atoms with E-state index in [2.05, 4.69) is 0 Å². The van der Waals surface area contributed by atoms with Gasteiger partial charge in [-0.1, -0.05) is 11.6 Å². The predicted molar refractivity (Wildman–Crippen MR) is 72.3 cm³/mol. The van der Waals surface area contributed by atoms with Gasteiger partial charge in [0.1, 0.15) is 17.3 Å². The minimum absolute atomic E-state index is 0.234. The molecule has 0 aliphatic carbocycles. The highest BCUT2D eigenvalue weighted by atomic mass is 19.1. The predicted octanol–water partition coefficient (Wildman–Crippen LogP) is 3.74. The third-order valence-electron chi connectivity index (χ3n) is 3.39. The molecule has 0 radical (unpaired) electrons. The fourth-order valence-corrected chi connectivity index (χ4v) is 2.50. The highest BCUT2D eigenvalue weighted by Crippen LogP contribution is 2.41. The summed E-state index contributed by atoms with van der Waals surface area (Å²) in [5.74, 6) is 1.28. The van der Waals surface area contributed by atoms with E-state index in [9.17, 15) is 4.39 Å². The van der Waals surface area contributed by atoms with Crippen LogP contribution in [0.15, 0.2) is 30.3 Å². The van der Waals surface area contributed by atoms with Crippen LogP contribution in [0.25, 0.3) is 11.1 Å². The summed E-state index contributed by atoms with van der Waals surface area (Å²) in [5.41, 5.74) is 3.68. The van der Waals surface area contributed by atoms with Crippen molar-refractivity contribution in [2.45, 2.75) is 13.3 Å². The first-order valence-corrected chi connectivity index (χ1v) is 6.29. The van der Waals surface area contributed by atoms with Crippen LogP contribution in [0.4, 0.5) is 4.39 Å². The van der Waals surface area contributed by atoms with Crippen molar-refractivity contribution in [1.29, 1.82) is 0 Å². The zero-order valence-electron chi connectivity index (χ0n) is 11.0. The summed E-state index contributed by atoms with van der Waals surface area (Å²) in [6.45, 7) is 2.61. The summed E-state index contributed by atoms with van der Waals surface area (Å²) < 4.78 is 24.8. The van der Waals surface area contributed by atoms with Gasteiger partial charge in [-0.3, -0.25) is 0 Å². The molecule has 0 spiro atoms. The van der Waals surface area contributed by atoms with Gasteiger partial charge in [0.15, 0.2) is 0 Å². The van der Waals surface area contributed by atoms with Gasteiger partial charge in [0.25, 0.3) is 0 Å². The van der Waals surface area contributed by atoms with Crippen molar-refractivity contribution in [3.63, 3.8) is 0 Å². The van der Waals surface area contributed by atoms with Crippen molar-refractivity contribution in [3.8, 4) is 22.6 Å². The Morgan fingerprint density at radius 2 is 2.00 bits per heavy atom. The molecule has 0 saturated heterocycles. The molecule has 0 saturated carbocycles. The Morgan fingerprint density at radius 1 is 1.16 bits per heavy atom. The second-order valence-corrected chi connectivity index (χ2v) is 4.74. The number of rotatable bonds is 2. The van der Waals surface area contributed by atoms with Crippen molar-refractivity contribution in [2.24, 2.45) is 0 Å². The molecule has 0 atom stereocenters. The summed E-state index contributed by atoms with van der Waals surface area (Å²) in [5, 5.41) is 0. The lowest BCUT2D eigenvalue weighted by atomic mass is 9.98. The number of fused-ring (bicyclic) bond motifs is 1. The van der Waals surface area contributed by atoms with E-state index < -0.39 is 0 Å². The molecule has 0 fully saturated rings. The Balaban J connectivity index is 2.25. The van der Waals surface area contributed by atoms with Crippen LogP contribution in [0.3, 0.4) is 0 Å². The van der Waals surface area contributed by atoms with Crippen LogP contribution in [0, 0.1) is 12.7 Å². The molecule has 19 heavy (non-hydrogen) atoms. The number of halogens is 1. The zero-order chi connectivity index (χ0) is 13.4. The average Bonchev–Trinajstić information content (AvgIpc) is 2.85. The highest BCUT2D eigenvalue weighted by Gasteiger charge is 2.21. The summed E-state index contributed by atoms with van der Waals surface area (Å²) in [4.78, 5) is 0. The summed E-state index contributed by atoms with van der Waals surface area (Å²) >= 11 is 0. The standard InChI is InChI=1S/C16H15FO2/c1-10-3-4-15(18-2)13(7-10)14-9-12(17)8-11-5-6-19-16(11)14/h3-4,7-9H,5-6H2,1-2H3. The van der Waals surface area contributed by atoms with Crippen molar-refractivity contribution in [1.82, 2.24) is 0 Å². The highest BCUT2D eigenvalue weighted by molar-refractivity contribution is 5.78. The summed E-state index contributed by atoms with van der Waals surface area (Å²) in [6.07, 6.45) is 0.758. The molecule has 0 aromatic heterocycles. The summed E-state index contributed by atoms with van der Waals surface area (Å²) in [7, 11) is 1.62. The normalized spacial score (nSPS) is 13.0. The minimum Gasteiger partial charge on any atom is -0.496 e. The smallest absolute Gasteiger partial charge is 0.130 e. The molecule has 2 aromatic rings. The lowest BCUT2D eigenvalue weighted by Crippen LogP contribution is -1.93. The van der Waals surface area contributed by atoms with E-state index >= 15 is 0 Å². The second kappa shape index (κ2) is 4.57. The maximum atomic E-state index is 13.7. The number of benzene rings is 2. The fourth-order valence-electron chi connectivity index (χ4n) is 2.50. The molecule has 2 aromatic carbocycles. The van der Waals surface area contributed by atoms with Gasteiger partial charge in [0, 0.05) is 23.1 Å². The molecule has 3 heteroatoms. The molecule has 0 unspecified atom stereocenters. The van der Waals surface area contributed by atoms with Gasteiger partial charge in [-0.2, -0.15) is 0 Å². The number of hydrogen-bond acceptors (Lipinski definition) is 2. The maximum absolute atomic E-state index is 13.7. The third kappa shape index (κ3) is 2.05. The van der Waals surface area contributed by atoms with E-state index in [1.54, 1.807) is 13.2 Å². The number of hydrogen-bond donors (Lipinski definition) is 0. The Bertz CT molecular complexity index is 635. The van der Waals surface area contributed by atoms with Crippen LogP contribution in [-0.4, -0.2) is 13.7 Å². The van der Waals surface area contributed by atoms with E-state index in [0.717, 1.165) is 40.2 Å². The average molecular weight is 258 g/mol. The van der Waals surface area contributed by atoms with E-state index in [1.165, 1.54) is 6.07 Å². The molecule has 1 aliphatic rings. The Kier molecular flexibility index (Phi) is 2.90. The second-order valence-electron chi connectivity index (χ2n) is 4.74. The lowest BCUT2D eigenvalue weighted by molar-refractivity contribution is 0.357. The molecule has 98 valence electrons. The van der Waals surface area contributed by atoms with Gasteiger partial charge >= 0.3 is 0 Å². The van der Waals surface area contributed by atoms with Gasteiger partial charge in [0.05, 0.1) is 13.7 Å². The largest absolute Gasteiger partial charge is 0.496 e. The molecule has 0 N–H and O–H groups in total. The first-order chi connectivity index (χ1) is 9.19. The number of aryl methyl sites for hydroxylation is 1. The number of ether oxygens (including phenoxy) is 2. The van der Waals surface area contributed by atoms with Crippen LogP contribution in [0.5, 0.6) is 11.5 Å². The molecule has 0 bridgehead atoms. The molecule has 0 amide bonds. The van der Waals surface area contributed by atoms with Crippen molar-refractivity contribution >= 4 is 0 Å². The Hall–Kier alpha value is -2.03. The van der Waals surface area contributed by atoms with Gasteiger partial charge in [-0.25, -0.2) is 4.39 Å². The first kappa shape index (κ1) is 12.0. The van der Waals surface area contributed by atoms with Crippen molar-refractivity contribution < 1.29 is 13.9 Å². The van der Waals surface area contributed by atoms with Gasteiger partial charge in [0.2, 0.25) is 0 Å². The van der Waals surface area contributed by atoms with Gasteiger partial charge in [-0.15, -0.1) is 0 Å². The van der Waals surface area contributed by atoms with Crippen molar-refractivity contribution in [3.05, 3.63) is 47.3 Å². The summed E-state index contributed by atoms with van der Waals surface area (Å²) in [6, 6.07) is 8.94. The van der Waals surface area contributed by atoms with Crippen LogP contribution in [0.2, 0.25) is 0 Å². The molecule has 1 aliphatic heterocycles. The van der Waals surface area contributed by atoms with E-state index in [0.29, 0.717) is 6.61 Å². The Labute approximate surface area is 111 Å². The van der Waals surface area contributed by atoms with Gasteiger partial charge in [-0.05, 0) is 31.2 Å². The quantitative estimate of drug-likeness (QED) is 0.816. The number of methoxy groups -OCH3 is 1. The van der Waals surface area contributed by atoms with E-state index in [1.807, 2.05) is 25.1 Å². The monoisotopic (exact) mass is 258 g/mol. The molecule has 3 rings (SSSR count). The minimum atomic E-state index is -0.234. The topological polar surface area (TPSA) is 18.5 Å². The van der Waals surface area contributed by atoms with E-state index in [4.69, 9.17) is 9.47 Å². The first-order valence-electron chi connectivity index (χ1n) is 6.29. The maximum Gasteiger partial charge on any atom is 0.130 e. The Morgan fingerprint density at radius 3 is 2.79 bits per heavy atom. The third-order valence-corrected chi connectivity index (χ3v) is 3.39. The van der Waals surface area contributed by atoms with Crippen molar-refractivity contribution in [2.75, 3.05) is 13.7 Å². The molecular weight excluding hydrogens is 243 g/mol. The van der Waals surface area contributed by atoms with Crippen LogP contribution < -0.4 is 9.47 Å². The lowest BCUT2D eigenvalue weighted by Gasteiger charge is -2.13. The SMILES string of the molecule is COc1ccc(C)cc1-c1cc(F)cc2c1OCC2. The molecular formula is C16H15FO2. The van der Waals surface area contributed by atoms with Gasteiger partial charge < -0.3 is 9.47 Å². The van der Waals surface area contributed by atoms with Crippen LogP contribution in [-0.2, 0) is 6.42 Å². The van der Waals surface area contributed by atoms with Crippen LogP contribution >= 0.6 is 0 Å². The van der Waals surface area contributed by atoms with Crippen LogP contribution in [0.1, 0.15) is 11.1 Å².